The van der Waals surface area contributed by atoms with E-state index in [1.54, 1.807) is 42.5 Å². The highest BCUT2D eigenvalue weighted by atomic mass is 16.6. The summed E-state index contributed by atoms with van der Waals surface area (Å²) in [4.78, 5) is 37.2. The van der Waals surface area contributed by atoms with Crippen LogP contribution in [-0.2, 0) is 23.9 Å². The van der Waals surface area contributed by atoms with Crippen molar-refractivity contribution >= 4 is 35.1 Å². The second kappa shape index (κ2) is 11.4. The van der Waals surface area contributed by atoms with E-state index in [1.165, 1.54) is 0 Å². The third kappa shape index (κ3) is 5.76. The van der Waals surface area contributed by atoms with Gasteiger partial charge in [-0.05, 0) is 55.3 Å². The van der Waals surface area contributed by atoms with Gasteiger partial charge < -0.3 is 23.7 Å². The van der Waals surface area contributed by atoms with Gasteiger partial charge in [0, 0.05) is 17.0 Å². The van der Waals surface area contributed by atoms with Gasteiger partial charge in [-0.2, -0.15) is 0 Å². The number of aryl methyl sites for hydroxylation is 1. The van der Waals surface area contributed by atoms with E-state index >= 15 is 0 Å². The Hall–Kier alpha value is -4.69. The van der Waals surface area contributed by atoms with E-state index < -0.39 is 17.9 Å². The van der Waals surface area contributed by atoms with E-state index in [-0.39, 0.29) is 13.2 Å². The molecule has 39 heavy (non-hydrogen) atoms. The highest BCUT2D eigenvalue weighted by Gasteiger charge is 2.29. The molecule has 2 aliphatic rings. The molecule has 0 aliphatic carbocycles. The molecule has 0 spiro atoms. The summed E-state index contributed by atoms with van der Waals surface area (Å²) in [5, 5.41) is 1.09. The summed E-state index contributed by atoms with van der Waals surface area (Å²) < 4.78 is 26.7. The minimum atomic E-state index is -0.511. The van der Waals surface area contributed by atoms with E-state index in [4.69, 9.17) is 23.7 Å². The van der Waals surface area contributed by atoms with Gasteiger partial charge in [-0.15, -0.1) is 0 Å². The van der Waals surface area contributed by atoms with Crippen LogP contribution in [0.5, 0.6) is 17.2 Å². The number of carbonyl (C=O) groups is 3. The van der Waals surface area contributed by atoms with E-state index in [9.17, 15) is 14.4 Å². The molecule has 0 aromatic heterocycles. The molecular weight excluding hydrogens is 500 g/mol. The fraction of sp³-hybridized carbons (Fsp3) is 0.194. The second-order valence-electron chi connectivity index (χ2n) is 8.89. The van der Waals surface area contributed by atoms with Crippen LogP contribution in [0.25, 0.3) is 17.2 Å². The second-order valence-corrected chi connectivity index (χ2v) is 8.89. The topological polar surface area (TPSA) is 97.4 Å². The number of ether oxygens (including phenoxy) is 5. The summed E-state index contributed by atoms with van der Waals surface area (Å²) in [6, 6.07) is 17.9. The van der Waals surface area contributed by atoms with Crippen LogP contribution in [-0.4, -0.2) is 44.3 Å². The van der Waals surface area contributed by atoms with Crippen molar-refractivity contribution in [3.63, 3.8) is 0 Å². The number of fused-ring (bicyclic) bond motifs is 2. The maximum Gasteiger partial charge on any atom is 0.344 e. The lowest BCUT2D eigenvalue weighted by molar-refractivity contribution is -0.147. The molecule has 0 saturated heterocycles. The minimum Gasteiger partial charge on any atom is -0.482 e. The molecule has 198 valence electrons. The summed E-state index contributed by atoms with van der Waals surface area (Å²) >= 11 is 0. The van der Waals surface area contributed by atoms with E-state index in [2.05, 4.69) is 0 Å². The van der Waals surface area contributed by atoms with Gasteiger partial charge in [-0.1, -0.05) is 48.0 Å². The van der Waals surface area contributed by atoms with Crippen LogP contribution in [0.4, 0.5) is 0 Å². The standard InChI is InChI=1S/C31H26O8/c1-3-35-13-14-36-28(32)18-37-22-10-8-21(9-11-22)29-25-17-26-24(16-27(25)39-31(29)34)23(30(33)38-26)12-7-20-6-4-5-19(2)15-20/h4-12,15-17H,3,13-14,18H2,1-2H3. The van der Waals surface area contributed by atoms with Crippen LogP contribution in [0.2, 0.25) is 0 Å². The molecule has 0 fully saturated rings. The molecule has 0 N–H and O–H groups in total. The number of rotatable bonds is 10. The smallest absolute Gasteiger partial charge is 0.344 e. The highest BCUT2D eigenvalue weighted by Crippen LogP contribution is 2.26. The number of esters is 3. The van der Waals surface area contributed by atoms with Crippen molar-refractivity contribution in [3.05, 3.63) is 93.9 Å². The molecule has 0 atom stereocenters. The SMILES string of the molecule is CCOCCOC(=O)COc1ccc(C2=c3cc4c(cc3OC2=O)=C(C=Cc2cccc(C)c2)C(=O)O4)cc1. The van der Waals surface area contributed by atoms with Crippen molar-refractivity contribution in [3.8, 4) is 17.2 Å². The van der Waals surface area contributed by atoms with Gasteiger partial charge in [0.25, 0.3) is 0 Å². The Kier molecular flexibility index (Phi) is 7.56. The van der Waals surface area contributed by atoms with Gasteiger partial charge >= 0.3 is 17.9 Å². The fourth-order valence-corrected chi connectivity index (χ4v) is 4.31. The van der Waals surface area contributed by atoms with Crippen LogP contribution >= 0.6 is 0 Å². The molecule has 5 rings (SSSR count). The first kappa shape index (κ1) is 25.9. The van der Waals surface area contributed by atoms with E-state index in [0.717, 1.165) is 11.1 Å². The van der Waals surface area contributed by atoms with Crippen LogP contribution in [0, 0.1) is 6.92 Å². The molecule has 0 saturated carbocycles. The molecule has 8 heteroatoms. The minimum absolute atomic E-state index is 0.163. The average molecular weight is 527 g/mol. The molecular formula is C31H26O8. The zero-order valence-electron chi connectivity index (χ0n) is 21.5. The van der Waals surface area contributed by atoms with Gasteiger partial charge in [-0.25, -0.2) is 14.4 Å². The Labute approximate surface area is 224 Å². The first-order valence-electron chi connectivity index (χ1n) is 12.5. The maximum absolute atomic E-state index is 12.8. The van der Waals surface area contributed by atoms with Crippen molar-refractivity contribution in [1.29, 1.82) is 0 Å². The monoisotopic (exact) mass is 526 g/mol. The number of benzene rings is 3. The average Bonchev–Trinajstić information content (AvgIpc) is 3.41. The van der Waals surface area contributed by atoms with Crippen LogP contribution in [0.3, 0.4) is 0 Å². The Balaban J connectivity index is 1.37. The Morgan fingerprint density at radius 3 is 2.38 bits per heavy atom. The molecule has 0 bridgehead atoms. The summed E-state index contributed by atoms with van der Waals surface area (Å²) in [7, 11) is 0. The van der Waals surface area contributed by atoms with Crippen LogP contribution < -0.4 is 24.6 Å². The van der Waals surface area contributed by atoms with Crippen molar-refractivity contribution in [1.82, 2.24) is 0 Å². The van der Waals surface area contributed by atoms with Gasteiger partial charge in [-0.3, -0.25) is 0 Å². The molecule has 0 amide bonds. The largest absolute Gasteiger partial charge is 0.482 e. The number of hydrogen-bond donors (Lipinski definition) is 0. The molecule has 3 aromatic rings. The Bertz CT molecular complexity index is 1600. The Morgan fingerprint density at radius 2 is 1.62 bits per heavy atom. The van der Waals surface area contributed by atoms with Crippen molar-refractivity contribution in [2.75, 3.05) is 26.4 Å². The lowest BCUT2D eigenvalue weighted by Gasteiger charge is -2.08. The molecule has 0 radical (unpaired) electrons. The Morgan fingerprint density at radius 1 is 0.872 bits per heavy atom. The zero-order valence-corrected chi connectivity index (χ0v) is 21.5. The summed E-state index contributed by atoms with van der Waals surface area (Å²) in [6.45, 7) is 4.66. The summed E-state index contributed by atoms with van der Waals surface area (Å²) in [5.74, 6) is -0.332. The third-order valence-electron chi connectivity index (χ3n) is 6.15. The van der Waals surface area contributed by atoms with E-state index in [0.29, 0.717) is 57.6 Å². The highest BCUT2D eigenvalue weighted by molar-refractivity contribution is 6.20. The van der Waals surface area contributed by atoms with Gasteiger partial charge in [0.2, 0.25) is 0 Å². The molecule has 0 unspecified atom stereocenters. The van der Waals surface area contributed by atoms with Crippen molar-refractivity contribution < 1.29 is 38.1 Å². The van der Waals surface area contributed by atoms with E-state index in [1.807, 2.05) is 44.2 Å². The number of hydrogen-bond acceptors (Lipinski definition) is 8. The first-order chi connectivity index (χ1) is 18.9. The summed E-state index contributed by atoms with van der Waals surface area (Å²) in [5.41, 5.74) is 3.39. The summed E-state index contributed by atoms with van der Waals surface area (Å²) in [6.07, 6.45) is 3.56. The van der Waals surface area contributed by atoms with Crippen molar-refractivity contribution in [2.45, 2.75) is 13.8 Å². The van der Waals surface area contributed by atoms with Gasteiger partial charge in [0.05, 0.1) is 17.8 Å². The van der Waals surface area contributed by atoms with Crippen molar-refractivity contribution in [2.24, 2.45) is 0 Å². The van der Waals surface area contributed by atoms with Crippen LogP contribution in [0.15, 0.2) is 66.7 Å². The predicted molar refractivity (Wildman–Crippen MR) is 142 cm³/mol. The molecule has 8 nitrogen and oxygen atoms in total. The predicted octanol–water partition coefficient (Wildman–Crippen LogP) is 2.85. The van der Waals surface area contributed by atoms with Gasteiger partial charge in [0.15, 0.2) is 6.61 Å². The van der Waals surface area contributed by atoms with Crippen LogP contribution in [0.1, 0.15) is 23.6 Å². The normalized spacial score (nSPS) is 13.8. The lowest BCUT2D eigenvalue weighted by Crippen LogP contribution is -2.17. The zero-order chi connectivity index (χ0) is 27.4. The third-order valence-corrected chi connectivity index (χ3v) is 6.15. The maximum atomic E-state index is 12.8. The fourth-order valence-electron chi connectivity index (χ4n) is 4.31. The van der Waals surface area contributed by atoms with Gasteiger partial charge in [0.1, 0.15) is 23.9 Å². The molecule has 2 aliphatic heterocycles. The quantitative estimate of drug-likeness (QED) is 0.226. The number of carbonyl (C=O) groups excluding carboxylic acids is 3. The lowest BCUT2D eigenvalue weighted by atomic mass is 10.0. The first-order valence-corrected chi connectivity index (χ1v) is 12.5. The molecule has 2 heterocycles. The molecule has 3 aromatic carbocycles.